The zero-order chi connectivity index (χ0) is 31.2. The van der Waals surface area contributed by atoms with Crippen molar-refractivity contribution in [3.05, 3.63) is 41.5 Å². The minimum atomic E-state index is -5.08. The maximum atomic E-state index is 11.1. The molecule has 2 aliphatic carbocycles. The van der Waals surface area contributed by atoms with E-state index >= 15 is 0 Å². The zero-order valence-corrected chi connectivity index (χ0v) is 22.9. The highest BCUT2D eigenvalue weighted by Crippen LogP contribution is 2.50. The molecule has 0 amide bonds. The van der Waals surface area contributed by atoms with Gasteiger partial charge in [0.2, 0.25) is 10.0 Å². The number of carbonyl (C=O) groups is 2. The lowest BCUT2D eigenvalue weighted by molar-refractivity contribution is -0.193. The molecule has 0 unspecified atom stereocenters. The van der Waals surface area contributed by atoms with Crippen molar-refractivity contribution in [3.8, 4) is 0 Å². The summed E-state index contributed by atoms with van der Waals surface area (Å²) >= 11 is 0. The van der Waals surface area contributed by atoms with Crippen molar-refractivity contribution in [2.45, 2.75) is 57.0 Å². The van der Waals surface area contributed by atoms with Crippen molar-refractivity contribution in [2.75, 3.05) is 25.4 Å². The molecule has 3 aliphatic rings. The van der Waals surface area contributed by atoms with Gasteiger partial charge in [0, 0.05) is 31.7 Å². The van der Waals surface area contributed by atoms with Gasteiger partial charge in [-0.3, -0.25) is 0 Å². The van der Waals surface area contributed by atoms with Crippen LogP contribution in [0.1, 0.15) is 38.2 Å². The molecule has 0 aromatic heterocycles. The van der Waals surface area contributed by atoms with Crippen LogP contribution in [0.3, 0.4) is 0 Å². The number of aliphatic carboxylic acids is 2. The Balaban J connectivity index is 0.000000349. The Bertz CT molecular complexity index is 1150. The summed E-state index contributed by atoms with van der Waals surface area (Å²) in [5, 5.41) is 23.2. The maximum absolute atomic E-state index is 11.1. The Morgan fingerprint density at radius 3 is 1.95 bits per heavy atom. The van der Waals surface area contributed by atoms with Gasteiger partial charge >= 0.3 is 24.3 Å². The fourth-order valence-corrected chi connectivity index (χ4v) is 5.52. The summed E-state index contributed by atoms with van der Waals surface area (Å²) in [5.74, 6) is -4.75. The quantitative estimate of drug-likeness (QED) is 0.324. The number of hydrogen-bond acceptors (Lipinski definition) is 6. The number of likely N-dealkylation sites (tertiary alicyclic amines) is 1. The van der Waals surface area contributed by atoms with Gasteiger partial charge in [0.05, 0.1) is 5.75 Å². The molecular formula is C25H33F6N3O6S. The number of nitrogens with two attached hydrogens (primary N) is 1. The third kappa shape index (κ3) is 11.6. The van der Waals surface area contributed by atoms with Gasteiger partial charge in [0.15, 0.2) is 0 Å². The summed E-state index contributed by atoms with van der Waals surface area (Å²) in [6.07, 6.45) is -2.97. The zero-order valence-electron chi connectivity index (χ0n) is 22.1. The van der Waals surface area contributed by atoms with E-state index in [0.717, 1.165) is 19.5 Å². The lowest BCUT2D eigenvalue weighted by Crippen LogP contribution is -2.66. The number of nitrogens with one attached hydrogen (secondary N) is 1. The van der Waals surface area contributed by atoms with Gasteiger partial charge in [-0.25, -0.2) is 23.1 Å². The number of primary sulfonamides is 1. The summed E-state index contributed by atoms with van der Waals surface area (Å²) < 4.78 is 85.6. The van der Waals surface area contributed by atoms with Crippen molar-refractivity contribution < 1.29 is 54.6 Å². The lowest BCUT2D eigenvalue weighted by Gasteiger charge is -2.59. The van der Waals surface area contributed by atoms with Crippen LogP contribution in [0.2, 0.25) is 0 Å². The summed E-state index contributed by atoms with van der Waals surface area (Å²) in [4.78, 5) is 20.0. The first-order chi connectivity index (χ1) is 18.7. The normalized spacial score (nSPS) is 22.3. The molecule has 1 spiro atoms. The molecule has 9 nitrogen and oxygen atoms in total. The Hall–Kier alpha value is -2.69. The average molecular weight is 618 g/mol. The second-order valence-corrected chi connectivity index (χ2v) is 12.1. The fraction of sp³-hybridized carbons (Fsp3) is 0.600. The molecule has 1 aromatic rings. The van der Waals surface area contributed by atoms with E-state index < -0.39 is 34.3 Å². The van der Waals surface area contributed by atoms with E-state index in [1.54, 1.807) is 5.57 Å². The molecule has 3 fully saturated rings. The molecule has 2 atom stereocenters. The van der Waals surface area contributed by atoms with Gasteiger partial charge in [-0.05, 0) is 42.6 Å². The summed E-state index contributed by atoms with van der Waals surface area (Å²) in [7, 11) is -3.34. The molecule has 16 heteroatoms. The standard InChI is InChI=1S/C21H31N3O2S.2C2HF3O2/c1-2-17(10-16-6-4-3-5-7-16)19-11-20(19)23-18-12-21(13-18)14-24(15-21)8-9-27(22,25)26;2*3-2(4,5)1(6)7/h3-7,10,18-20,23H,2,8-9,11-15H2,1H3,(H2,22,25,26);2*(H,6,7)/b17-10+;;/t19-,20+;;/m0../s1. The Morgan fingerprint density at radius 1 is 1.05 bits per heavy atom. The minimum absolute atomic E-state index is 0.0715. The van der Waals surface area contributed by atoms with Gasteiger partial charge in [0.25, 0.3) is 0 Å². The van der Waals surface area contributed by atoms with E-state index in [1.165, 1.54) is 24.8 Å². The van der Waals surface area contributed by atoms with Crippen LogP contribution in [-0.4, -0.2) is 85.3 Å². The molecule has 1 aromatic carbocycles. The highest BCUT2D eigenvalue weighted by atomic mass is 32.2. The van der Waals surface area contributed by atoms with E-state index in [4.69, 9.17) is 24.9 Å². The van der Waals surface area contributed by atoms with E-state index in [0.29, 0.717) is 30.0 Å². The first-order valence-corrected chi connectivity index (χ1v) is 14.3. The number of sulfonamides is 1. The SMILES string of the molecule is CC/C(=C\c1ccccc1)[C@@H]1C[C@H]1NC1CC2(C1)CN(CCS(N)(=O)=O)C2.O=C(O)C(F)(F)F.O=C(O)C(F)(F)F. The van der Waals surface area contributed by atoms with Crippen molar-refractivity contribution in [1.82, 2.24) is 10.2 Å². The Labute approximate surface area is 233 Å². The molecule has 232 valence electrons. The topological polar surface area (TPSA) is 150 Å². The first kappa shape index (κ1) is 34.5. The molecule has 1 heterocycles. The third-order valence-corrected chi connectivity index (χ3v) is 7.68. The maximum Gasteiger partial charge on any atom is 0.490 e. The number of nitrogens with zero attached hydrogens (tertiary/aromatic N) is 1. The largest absolute Gasteiger partial charge is 0.490 e. The summed E-state index contributed by atoms with van der Waals surface area (Å²) in [5.41, 5.74) is 3.30. The van der Waals surface area contributed by atoms with Crippen LogP contribution in [0.25, 0.3) is 6.08 Å². The van der Waals surface area contributed by atoms with Crippen LogP contribution >= 0.6 is 0 Å². The molecule has 4 rings (SSSR count). The Kier molecular flexibility index (Phi) is 11.4. The molecule has 0 radical (unpaired) electrons. The van der Waals surface area contributed by atoms with Crippen molar-refractivity contribution in [3.63, 3.8) is 0 Å². The fourth-order valence-electron chi connectivity index (χ4n) is 5.00. The van der Waals surface area contributed by atoms with Gasteiger partial charge in [-0.1, -0.05) is 48.9 Å². The number of benzene rings is 1. The number of hydrogen-bond donors (Lipinski definition) is 4. The number of rotatable bonds is 8. The molecule has 1 aliphatic heterocycles. The minimum Gasteiger partial charge on any atom is -0.475 e. The van der Waals surface area contributed by atoms with Crippen molar-refractivity contribution in [2.24, 2.45) is 16.5 Å². The van der Waals surface area contributed by atoms with E-state index in [2.05, 4.69) is 53.5 Å². The van der Waals surface area contributed by atoms with E-state index in [9.17, 15) is 34.8 Å². The second kappa shape index (κ2) is 13.5. The van der Waals surface area contributed by atoms with Crippen LogP contribution in [0, 0.1) is 11.3 Å². The smallest absolute Gasteiger partial charge is 0.475 e. The van der Waals surface area contributed by atoms with E-state index in [1.807, 2.05) is 0 Å². The second-order valence-electron chi connectivity index (χ2n) is 10.4. The van der Waals surface area contributed by atoms with Crippen LogP contribution in [0.5, 0.6) is 0 Å². The predicted molar refractivity (Wildman–Crippen MR) is 137 cm³/mol. The molecule has 0 bridgehead atoms. The summed E-state index contributed by atoms with van der Waals surface area (Å²) in [6.45, 7) is 4.90. The van der Waals surface area contributed by atoms with Gasteiger partial charge in [-0.2, -0.15) is 26.3 Å². The average Bonchev–Trinajstić information content (AvgIpc) is 3.56. The third-order valence-electron chi connectivity index (χ3n) is 6.93. The number of halogens is 6. The number of carboxylic acid groups (broad SMARTS) is 2. The molecule has 41 heavy (non-hydrogen) atoms. The molecule has 2 saturated carbocycles. The van der Waals surface area contributed by atoms with Crippen molar-refractivity contribution >= 4 is 28.0 Å². The van der Waals surface area contributed by atoms with Gasteiger partial charge in [0.1, 0.15) is 0 Å². The van der Waals surface area contributed by atoms with Crippen LogP contribution < -0.4 is 10.5 Å². The predicted octanol–water partition coefficient (Wildman–Crippen LogP) is 3.48. The first-order valence-electron chi connectivity index (χ1n) is 12.6. The summed E-state index contributed by atoms with van der Waals surface area (Å²) in [6, 6.07) is 11.9. The molecular weight excluding hydrogens is 584 g/mol. The van der Waals surface area contributed by atoms with Crippen LogP contribution in [-0.2, 0) is 19.6 Å². The van der Waals surface area contributed by atoms with E-state index in [-0.39, 0.29) is 5.75 Å². The van der Waals surface area contributed by atoms with Gasteiger partial charge < -0.3 is 20.4 Å². The monoisotopic (exact) mass is 617 g/mol. The van der Waals surface area contributed by atoms with Gasteiger partial charge in [-0.15, -0.1) is 0 Å². The lowest BCUT2D eigenvalue weighted by atomic mass is 9.60. The molecule has 5 N–H and O–H groups in total. The van der Waals surface area contributed by atoms with Crippen LogP contribution in [0.15, 0.2) is 35.9 Å². The Morgan fingerprint density at radius 2 is 1.54 bits per heavy atom. The molecule has 1 saturated heterocycles. The number of carboxylic acids is 2. The highest BCUT2D eigenvalue weighted by molar-refractivity contribution is 7.89. The number of alkyl halides is 6. The van der Waals surface area contributed by atoms with Crippen LogP contribution in [0.4, 0.5) is 26.3 Å². The van der Waals surface area contributed by atoms with Crippen molar-refractivity contribution in [1.29, 1.82) is 0 Å². The highest BCUT2D eigenvalue weighted by Gasteiger charge is 2.53.